The van der Waals surface area contributed by atoms with Crippen LogP contribution in [-0.4, -0.2) is 27.9 Å². The minimum absolute atomic E-state index is 0.106. The maximum atomic E-state index is 11.9. The van der Waals surface area contributed by atoms with E-state index in [-0.39, 0.29) is 29.5 Å². The van der Waals surface area contributed by atoms with Gasteiger partial charge < -0.3 is 10.2 Å². The Labute approximate surface area is 113 Å². The smallest absolute Gasteiger partial charge is 0.199 e. The standard InChI is InChI=1S/C15H22O4/c1-8(2)5-6-10-13(17)12(15(19)14(10)18)11(16)7-9(3)4/h5,9-10,14,17-18H,6-7H2,1-4H3. The molecule has 2 atom stereocenters. The molecule has 0 heterocycles. The van der Waals surface area contributed by atoms with Gasteiger partial charge >= 0.3 is 0 Å². The Bertz CT molecular complexity index is 439. The summed E-state index contributed by atoms with van der Waals surface area (Å²) in [6.45, 7) is 7.53. The summed E-state index contributed by atoms with van der Waals surface area (Å²) >= 11 is 0. The highest BCUT2D eigenvalue weighted by atomic mass is 16.3. The quantitative estimate of drug-likeness (QED) is 0.591. The molecule has 0 aromatic carbocycles. The number of carbonyl (C=O) groups excluding carboxylic acids is 2. The first-order valence-corrected chi connectivity index (χ1v) is 6.57. The first kappa shape index (κ1) is 15.6. The van der Waals surface area contributed by atoms with Crippen molar-refractivity contribution in [3.05, 3.63) is 23.0 Å². The van der Waals surface area contributed by atoms with Gasteiger partial charge in [0.2, 0.25) is 0 Å². The molecule has 106 valence electrons. The van der Waals surface area contributed by atoms with Gasteiger partial charge in [-0.15, -0.1) is 0 Å². The summed E-state index contributed by atoms with van der Waals surface area (Å²) in [4.78, 5) is 23.8. The lowest BCUT2D eigenvalue weighted by atomic mass is 9.99. The molecule has 1 aliphatic carbocycles. The zero-order chi connectivity index (χ0) is 14.7. The van der Waals surface area contributed by atoms with Crippen LogP contribution in [0.4, 0.5) is 0 Å². The fraction of sp³-hybridized carbons (Fsp3) is 0.600. The Hall–Kier alpha value is -1.42. The van der Waals surface area contributed by atoms with E-state index >= 15 is 0 Å². The average Bonchev–Trinajstić information content (AvgIpc) is 2.47. The van der Waals surface area contributed by atoms with Gasteiger partial charge in [0.1, 0.15) is 17.4 Å². The zero-order valence-electron chi connectivity index (χ0n) is 11.9. The second-order valence-electron chi connectivity index (χ2n) is 5.71. The third-order valence-corrected chi connectivity index (χ3v) is 3.16. The average molecular weight is 266 g/mol. The van der Waals surface area contributed by atoms with Crippen LogP contribution < -0.4 is 0 Å². The summed E-state index contributed by atoms with van der Waals surface area (Å²) in [5.74, 6) is -1.85. The number of aliphatic hydroxyl groups is 2. The monoisotopic (exact) mass is 266 g/mol. The number of ketones is 2. The van der Waals surface area contributed by atoms with Gasteiger partial charge in [-0.1, -0.05) is 25.5 Å². The van der Waals surface area contributed by atoms with Crippen molar-refractivity contribution in [2.24, 2.45) is 11.8 Å². The number of aliphatic hydroxyl groups excluding tert-OH is 2. The van der Waals surface area contributed by atoms with Crippen LogP contribution in [0.25, 0.3) is 0 Å². The van der Waals surface area contributed by atoms with Crippen molar-refractivity contribution in [1.82, 2.24) is 0 Å². The van der Waals surface area contributed by atoms with E-state index in [1.54, 1.807) is 0 Å². The molecule has 0 radical (unpaired) electrons. The highest BCUT2D eigenvalue weighted by Gasteiger charge is 2.43. The predicted molar refractivity (Wildman–Crippen MR) is 72.7 cm³/mol. The lowest BCUT2D eigenvalue weighted by Gasteiger charge is -2.11. The molecule has 0 aromatic heterocycles. The van der Waals surface area contributed by atoms with E-state index in [1.807, 2.05) is 33.8 Å². The summed E-state index contributed by atoms with van der Waals surface area (Å²) < 4.78 is 0. The Morgan fingerprint density at radius 3 is 2.42 bits per heavy atom. The van der Waals surface area contributed by atoms with Crippen LogP contribution in [-0.2, 0) is 9.59 Å². The summed E-state index contributed by atoms with van der Waals surface area (Å²) in [5.41, 5.74) is 0.836. The van der Waals surface area contributed by atoms with E-state index in [9.17, 15) is 19.8 Å². The first-order chi connectivity index (χ1) is 8.75. The Kier molecular flexibility index (Phi) is 5.06. The van der Waals surface area contributed by atoms with Crippen molar-refractivity contribution in [1.29, 1.82) is 0 Å². The molecular formula is C15H22O4. The third-order valence-electron chi connectivity index (χ3n) is 3.16. The number of Topliss-reactive ketones (excluding diaryl/α,β-unsaturated/α-hetero) is 2. The van der Waals surface area contributed by atoms with Gasteiger partial charge in [-0.2, -0.15) is 0 Å². The van der Waals surface area contributed by atoms with Gasteiger partial charge in [-0.05, 0) is 26.2 Å². The minimum atomic E-state index is -1.30. The third kappa shape index (κ3) is 3.53. The molecule has 0 bridgehead atoms. The van der Waals surface area contributed by atoms with E-state index in [1.165, 1.54) is 0 Å². The second-order valence-corrected chi connectivity index (χ2v) is 5.71. The van der Waals surface area contributed by atoms with Gasteiger partial charge in [0, 0.05) is 6.42 Å². The van der Waals surface area contributed by atoms with E-state index in [0.29, 0.717) is 6.42 Å². The van der Waals surface area contributed by atoms with Crippen LogP contribution in [0.15, 0.2) is 23.0 Å². The van der Waals surface area contributed by atoms with Crippen molar-refractivity contribution in [3.63, 3.8) is 0 Å². The van der Waals surface area contributed by atoms with Crippen molar-refractivity contribution >= 4 is 11.6 Å². The summed E-state index contributed by atoms with van der Waals surface area (Å²) in [5, 5.41) is 19.9. The lowest BCUT2D eigenvalue weighted by Crippen LogP contribution is -2.25. The molecule has 1 rings (SSSR count). The van der Waals surface area contributed by atoms with E-state index in [0.717, 1.165) is 5.57 Å². The van der Waals surface area contributed by atoms with Gasteiger partial charge in [-0.3, -0.25) is 9.59 Å². The lowest BCUT2D eigenvalue weighted by molar-refractivity contribution is -0.126. The van der Waals surface area contributed by atoms with Crippen molar-refractivity contribution in [3.8, 4) is 0 Å². The van der Waals surface area contributed by atoms with Gasteiger partial charge in [0.15, 0.2) is 11.6 Å². The Morgan fingerprint density at radius 1 is 1.37 bits per heavy atom. The van der Waals surface area contributed by atoms with Crippen LogP contribution in [0.5, 0.6) is 0 Å². The second kappa shape index (κ2) is 6.15. The van der Waals surface area contributed by atoms with Crippen molar-refractivity contribution in [2.75, 3.05) is 0 Å². The molecule has 0 aromatic rings. The molecule has 0 amide bonds. The van der Waals surface area contributed by atoms with E-state index in [4.69, 9.17) is 0 Å². The molecule has 0 saturated heterocycles. The Balaban J connectivity index is 2.99. The fourth-order valence-corrected chi connectivity index (χ4v) is 2.15. The maximum absolute atomic E-state index is 11.9. The normalized spacial score (nSPS) is 23.2. The molecule has 19 heavy (non-hydrogen) atoms. The highest BCUT2D eigenvalue weighted by Crippen LogP contribution is 2.32. The van der Waals surface area contributed by atoms with Crippen molar-refractivity contribution < 1.29 is 19.8 Å². The van der Waals surface area contributed by atoms with Crippen LogP contribution in [0, 0.1) is 11.8 Å². The molecular weight excluding hydrogens is 244 g/mol. The predicted octanol–water partition coefficient (Wildman–Crippen LogP) is 2.33. The van der Waals surface area contributed by atoms with Gasteiger partial charge in [-0.25, -0.2) is 0 Å². The number of rotatable bonds is 5. The molecule has 2 N–H and O–H groups in total. The highest BCUT2D eigenvalue weighted by molar-refractivity contribution is 6.23. The molecule has 2 unspecified atom stereocenters. The molecule has 0 spiro atoms. The SMILES string of the molecule is CC(C)=CCC1C(O)=C(C(=O)CC(C)C)C(=O)C1O. The zero-order valence-corrected chi connectivity index (χ0v) is 11.9. The van der Waals surface area contributed by atoms with Crippen LogP contribution in [0.3, 0.4) is 0 Å². The summed E-state index contributed by atoms with van der Waals surface area (Å²) in [6, 6.07) is 0. The number of allylic oxidation sites excluding steroid dienone is 2. The number of hydrogen-bond donors (Lipinski definition) is 2. The first-order valence-electron chi connectivity index (χ1n) is 6.57. The van der Waals surface area contributed by atoms with Crippen LogP contribution in [0.2, 0.25) is 0 Å². The van der Waals surface area contributed by atoms with Crippen LogP contribution in [0.1, 0.15) is 40.5 Å². The minimum Gasteiger partial charge on any atom is -0.511 e. The largest absolute Gasteiger partial charge is 0.511 e. The van der Waals surface area contributed by atoms with Crippen molar-refractivity contribution in [2.45, 2.75) is 46.6 Å². The number of hydrogen-bond acceptors (Lipinski definition) is 4. The Morgan fingerprint density at radius 2 is 1.95 bits per heavy atom. The maximum Gasteiger partial charge on any atom is 0.199 e. The fourth-order valence-electron chi connectivity index (χ4n) is 2.15. The topological polar surface area (TPSA) is 74.6 Å². The van der Waals surface area contributed by atoms with Crippen LogP contribution >= 0.6 is 0 Å². The molecule has 0 aliphatic heterocycles. The molecule has 1 aliphatic rings. The van der Waals surface area contributed by atoms with Gasteiger partial charge in [0.25, 0.3) is 0 Å². The molecule has 0 saturated carbocycles. The molecule has 4 heteroatoms. The number of carbonyl (C=O) groups is 2. The summed E-state index contributed by atoms with van der Waals surface area (Å²) in [7, 11) is 0. The molecule has 0 fully saturated rings. The van der Waals surface area contributed by atoms with Gasteiger partial charge in [0.05, 0.1) is 5.92 Å². The molecule has 4 nitrogen and oxygen atoms in total. The summed E-state index contributed by atoms with van der Waals surface area (Å²) in [6.07, 6.45) is 1.10. The van der Waals surface area contributed by atoms with E-state index < -0.39 is 17.8 Å². The van der Waals surface area contributed by atoms with E-state index in [2.05, 4.69) is 0 Å².